The topological polar surface area (TPSA) is 196 Å². The molecule has 2 fully saturated rings. The van der Waals surface area contributed by atoms with Crippen LogP contribution in [0.15, 0.2) is 6.07 Å². The molecule has 1 aromatic rings. The first-order chi connectivity index (χ1) is 18.4. The fourth-order valence-corrected chi connectivity index (χ4v) is 6.26. The van der Waals surface area contributed by atoms with E-state index in [9.17, 15) is 39.0 Å². The zero-order valence-electron chi connectivity index (χ0n) is 22.8. The Morgan fingerprint density at radius 2 is 1.80 bits per heavy atom. The van der Waals surface area contributed by atoms with E-state index in [1.807, 2.05) is 20.8 Å². The highest BCUT2D eigenvalue weighted by Gasteiger charge is 2.69. The number of primary amides is 1. The maximum atomic E-state index is 15.3. The number of benzene rings is 1. The maximum Gasteiger partial charge on any atom is 0.238 e. The van der Waals surface area contributed by atoms with Crippen molar-refractivity contribution in [3.63, 3.8) is 0 Å². The van der Waals surface area contributed by atoms with Crippen molar-refractivity contribution in [3.8, 4) is 5.75 Å². The molecule has 0 aromatic heterocycles. The van der Waals surface area contributed by atoms with Gasteiger partial charge in [0, 0.05) is 23.1 Å². The normalized spacial score (nSPS) is 30.1. The van der Waals surface area contributed by atoms with E-state index in [1.54, 1.807) is 0 Å². The van der Waals surface area contributed by atoms with Crippen LogP contribution in [0.4, 0.5) is 10.1 Å². The molecule has 40 heavy (non-hydrogen) atoms. The first-order valence-corrected chi connectivity index (χ1v) is 12.9. The van der Waals surface area contributed by atoms with Crippen molar-refractivity contribution >= 4 is 40.6 Å². The van der Waals surface area contributed by atoms with Gasteiger partial charge in [0.1, 0.15) is 11.6 Å². The number of nitrogens with one attached hydrogen (secondary N) is 2. The first-order valence-electron chi connectivity index (χ1n) is 12.9. The maximum absolute atomic E-state index is 15.3. The number of rotatable bonds is 5. The minimum atomic E-state index is -2.88. The van der Waals surface area contributed by atoms with Gasteiger partial charge in [-0.15, -0.1) is 0 Å². The molecule has 6 N–H and O–H groups in total. The number of phenols is 1. The van der Waals surface area contributed by atoms with E-state index in [-0.39, 0.29) is 30.6 Å². The smallest absolute Gasteiger partial charge is 0.238 e. The van der Waals surface area contributed by atoms with Crippen LogP contribution in [0.3, 0.4) is 0 Å². The lowest BCUT2D eigenvalue weighted by Gasteiger charge is -2.52. The highest BCUT2D eigenvalue weighted by atomic mass is 19.1. The number of fused-ring (bicyclic) bond motifs is 3. The predicted molar refractivity (Wildman–Crippen MR) is 138 cm³/mol. The third-order valence-electron chi connectivity index (χ3n) is 8.06. The molecule has 13 heteroatoms. The molecule has 0 spiro atoms. The van der Waals surface area contributed by atoms with Crippen molar-refractivity contribution in [1.82, 2.24) is 10.2 Å². The summed E-state index contributed by atoms with van der Waals surface area (Å²) in [5, 5.41) is 27.8. The van der Waals surface area contributed by atoms with Crippen molar-refractivity contribution in [2.24, 2.45) is 29.4 Å². The molecule has 216 valence electrons. The van der Waals surface area contributed by atoms with Gasteiger partial charge >= 0.3 is 0 Å². The SMILES string of the molecule is CN(C)[C@@H]1C(=O)C(C(N)=O)C(=O)[C@@]2(O)C(=O)C3C(=O)c4c(O)c(NC(=O)CNC(C)(C)C)cc(F)c4C[C@H]3C[C@@H]12. The number of Topliss-reactive ketones (excluding diaryl/α,β-unsaturated/α-hetero) is 4. The van der Waals surface area contributed by atoms with Crippen LogP contribution in [0.5, 0.6) is 5.75 Å². The monoisotopic (exact) mass is 560 g/mol. The summed E-state index contributed by atoms with van der Waals surface area (Å²) < 4.78 is 15.3. The molecule has 2 saturated carbocycles. The van der Waals surface area contributed by atoms with E-state index in [0.29, 0.717) is 0 Å². The molecule has 0 bridgehead atoms. The number of carbonyl (C=O) groups is 6. The van der Waals surface area contributed by atoms with Crippen molar-refractivity contribution in [2.75, 3.05) is 26.0 Å². The van der Waals surface area contributed by atoms with Crippen LogP contribution in [0.25, 0.3) is 0 Å². The molecule has 0 heterocycles. The summed E-state index contributed by atoms with van der Waals surface area (Å²) in [5.74, 6) is -14.1. The fraction of sp³-hybridized carbons (Fsp3) is 0.556. The van der Waals surface area contributed by atoms with Crippen molar-refractivity contribution < 1.29 is 43.4 Å². The molecule has 3 aliphatic carbocycles. The molecular weight excluding hydrogens is 527 g/mol. The molecule has 3 aliphatic rings. The van der Waals surface area contributed by atoms with Gasteiger partial charge in [-0.05, 0) is 53.6 Å². The van der Waals surface area contributed by atoms with Crippen LogP contribution in [0, 0.1) is 29.5 Å². The van der Waals surface area contributed by atoms with E-state index in [2.05, 4.69) is 10.6 Å². The Morgan fingerprint density at radius 1 is 1.18 bits per heavy atom. The first kappa shape index (κ1) is 29.4. The van der Waals surface area contributed by atoms with Gasteiger partial charge in [0.05, 0.1) is 29.8 Å². The summed E-state index contributed by atoms with van der Waals surface area (Å²) in [6, 6.07) is -0.370. The summed E-state index contributed by atoms with van der Waals surface area (Å²) in [4.78, 5) is 79.7. The number of likely N-dealkylation sites (N-methyl/N-ethyl adjacent to an activating group) is 1. The number of aromatic hydroxyl groups is 1. The fourth-order valence-electron chi connectivity index (χ4n) is 6.26. The van der Waals surface area contributed by atoms with Gasteiger partial charge in [-0.25, -0.2) is 4.39 Å². The molecule has 1 aromatic carbocycles. The number of carbonyl (C=O) groups excluding carboxylic acids is 6. The van der Waals surface area contributed by atoms with Crippen molar-refractivity contribution in [3.05, 3.63) is 23.0 Å². The molecule has 6 atom stereocenters. The zero-order valence-corrected chi connectivity index (χ0v) is 22.8. The van der Waals surface area contributed by atoms with Crippen molar-refractivity contribution in [2.45, 2.75) is 50.8 Å². The third-order valence-corrected chi connectivity index (χ3v) is 8.06. The molecule has 4 rings (SSSR count). The molecule has 2 unspecified atom stereocenters. The average Bonchev–Trinajstić information content (AvgIpc) is 2.82. The third kappa shape index (κ3) is 4.51. The minimum Gasteiger partial charge on any atom is -0.505 e. The number of phenolic OH excluding ortho intramolecular Hbond substituents is 1. The lowest BCUT2D eigenvalue weighted by Crippen LogP contribution is -2.74. The average molecular weight is 561 g/mol. The van der Waals surface area contributed by atoms with Gasteiger partial charge in [0.2, 0.25) is 11.8 Å². The molecule has 0 radical (unpaired) electrons. The molecular formula is C27H33FN4O8. The van der Waals surface area contributed by atoms with Gasteiger partial charge < -0.3 is 26.6 Å². The Morgan fingerprint density at radius 3 is 2.35 bits per heavy atom. The Labute approximate surface area is 229 Å². The molecule has 0 saturated heterocycles. The van der Waals surface area contributed by atoms with Crippen LogP contribution < -0.4 is 16.4 Å². The highest BCUT2D eigenvalue weighted by molar-refractivity contribution is 6.32. The number of halogens is 1. The van der Waals surface area contributed by atoms with E-state index >= 15 is 4.39 Å². The van der Waals surface area contributed by atoms with Gasteiger partial charge in [0.15, 0.2) is 34.7 Å². The summed E-state index contributed by atoms with van der Waals surface area (Å²) in [7, 11) is 2.94. The Kier molecular flexibility index (Phi) is 7.23. The van der Waals surface area contributed by atoms with E-state index in [4.69, 9.17) is 5.73 Å². The Balaban J connectivity index is 1.75. The second-order valence-corrected chi connectivity index (χ2v) is 12.0. The summed E-state index contributed by atoms with van der Waals surface area (Å²) >= 11 is 0. The summed E-state index contributed by atoms with van der Waals surface area (Å²) in [5.41, 5.74) is 0.900. The number of ketones is 4. The quantitative estimate of drug-likeness (QED) is 0.228. The van der Waals surface area contributed by atoms with E-state index in [1.165, 1.54) is 19.0 Å². The standard InChI is InChI=1S/C27H33FN4O8/c1-26(2,3)30-9-15(33)31-14-8-13(28)11-6-10-7-12-19(32(4)5)22(36)18(25(29)39)24(38)27(12,40)23(37)16(10)21(35)17(11)20(14)34/h8,10,12,16,18-19,30,34,40H,6-7,9H2,1-5H3,(H2,29,39)(H,31,33)/t10-,12-,16?,18?,19-,27-/m0/s1. The van der Waals surface area contributed by atoms with Crippen molar-refractivity contribution in [1.29, 1.82) is 0 Å². The number of hydrogen-bond donors (Lipinski definition) is 5. The predicted octanol–water partition coefficient (Wildman–Crippen LogP) is -0.667. The lowest BCUT2D eigenvalue weighted by molar-refractivity contribution is -0.181. The number of nitrogens with zero attached hydrogens (tertiary/aromatic N) is 1. The molecule has 12 nitrogen and oxygen atoms in total. The molecule has 2 amide bonds. The van der Waals surface area contributed by atoms with Crippen LogP contribution in [0.2, 0.25) is 0 Å². The number of anilines is 1. The van der Waals surface area contributed by atoms with Crippen LogP contribution in [-0.2, 0) is 30.4 Å². The van der Waals surface area contributed by atoms with Crippen LogP contribution in [0.1, 0.15) is 43.1 Å². The number of aliphatic hydroxyl groups is 1. The van der Waals surface area contributed by atoms with E-state index in [0.717, 1.165) is 6.07 Å². The number of hydrogen-bond acceptors (Lipinski definition) is 10. The zero-order chi connectivity index (χ0) is 30.1. The highest BCUT2D eigenvalue weighted by Crippen LogP contribution is 2.51. The van der Waals surface area contributed by atoms with Gasteiger partial charge in [0.25, 0.3) is 0 Å². The minimum absolute atomic E-state index is 0.178. The second-order valence-electron chi connectivity index (χ2n) is 12.0. The summed E-state index contributed by atoms with van der Waals surface area (Å²) in [6.45, 7) is 5.29. The number of nitrogens with two attached hydrogens (primary N) is 1. The largest absolute Gasteiger partial charge is 0.505 e. The van der Waals surface area contributed by atoms with E-state index < -0.39 is 92.9 Å². The van der Waals surface area contributed by atoms with Gasteiger partial charge in [-0.3, -0.25) is 33.7 Å². The molecule has 0 aliphatic heterocycles. The Hall–Kier alpha value is -3.55. The van der Waals surface area contributed by atoms with Gasteiger partial charge in [-0.1, -0.05) is 0 Å². The van der Waals surface area contributed by atoms with Crippen LogP contribution >= 0.6 is 0 Å². The summed E-state index contributed by atoms with van der Waals surface area (Å²) in [6.07, 6.45) is -0.411. The van der Waals surface area contributed by atoms with Gasteiger partial charge in [-0.2, -0.15) is 0 Å². The second kappa shape index (κ2) is 9.82. The van der Waals surface area contributed by atoms with Crippen LogP contribution in [-0.4, -0.2) is 87.9 Å². The lowest BCUT2D eigenvalue weighted by atomic mass is 9.52. The Bertz CT molecular complexity index is 1350. The number of amides is 2.